The van der Waals surface area contributed by atoms with Crippen LogP contribution in [0.5, 0.6) is 0 Å². The molecule has 0 spiro atoms. The average molecular weight is 325 g/mol. The molecule has 0 aromatic carbocycles. The monoisotopic (exact) mass is 325 g/mol. The van der Waals surface area contributed by atoms with Crippen molar-refractivity contribution in [3.8, 4) is 10.7 Å². The van der Waals surface area contributed by atoms with E-state index in [1.54, 1.807) is 4.68 Å². The van der Waals surface area contributed by atoms with Gasteiger partial charge in [-0.2, -0.15) is 5.10 Å². The van der Waals surface area contributed by atoms with Gasteiger partial charge in [-0.05, 0) is 18.9 Å². The smallest absolute Gasteiger partial charge is 0.158 e. The van der Waals surface area contributed by atoms with Crippen molar-refractivity contribution in [3.05, 3.63) is 23.3 Å². The Bertz CT molecular complexity index is 712. The highest BCUT2D eigenvalue weighted by Gasteiger charge is 2.28. The van der Waals surface area contributed by atoms with E-state index in [9.17, 15) is 8.42 Å². The number of nitrogens with zero attached hydrogens (tertiary/aromatic N) is 3. The van der Waals surface area contributed by atoms with E-state index in [0.717, 1.165) is 42.8 Å². The summed E-state index contributed by atoms with van der Waals surface area (Å²) in [5.41, 5.74) is 1.44. The first kappa shape index (κ1) is 14.7. The lowest BCUT2D eigenvalue weighted by molar-refractivity contribution is 0.483. The van der Waals surface area contributed by atoms with Crippen LogP contribution in [-0.4, -0.2) is 28.4 Å². The summed E-state index contributed by atoms with van der Waals surface area (Å²) < 4.78 is 26.6. The topological polar surface area (TPSA) is 64.8 Å². The fourth-order valence-electron chi connectivity index (χ4n) is 2.77. The molecule has 0 N–H and O–H groups in total. The van der Waals surface area contributed by atoms with Gasteiger partial charge in [0.25, 0.3) is 0 Å². The number of hydrogen-bond acceptors (Lipinski definition) is 5. The molecule has 21 heavy (non-hydrogen) atoms. The van der Waals surface area contributed by atoms with E-state index >= 15 is 0 Å². The molecule has 0 atom stereocenters. The molecule has 1 saturated carbocycles. The summed E-state index contributed by atoms with van der Waals surface area (Å²) in [6.07, 6.45) is 6.68. The second-order valence-corrected chi connectivity index (χ2v) is 8.73. The second-order valence-electron chi connectivity index (χ2n) is 5.59. The molecule has 1 aliphatic rings. The van der Waals surface area contributed by atoms with Gasteiger partial charge in [0.05, 0.1) is 16.7 Å². The van der Waals surface area contributed by atoms with Crippen molar-refractivity contribution in [1.82, 2.24) is 14.8 Å². The van der Waals surface area contributed by atoms with E-state index in [-0.39, 0.29) is 11.0 Å². The molecular weight excluding hydrogens is 306 g/mol. The molecule has 2 aromatic heterocycles. The van der Waals surface area contributed by atoms with Crippen LogP contribution in [-0.2, 0) is 22.6 Å². The fraction of sp³-hybridized carbons (Fsp3) is 0.571. The maximum absolute atomic E-state index is 12.4. The zero-order valence-electron chi connectivity index (χ0n) is 12.0. The van der Waals surface area contributed by atoms with Gasteiger partial charge >= 0.3 is 0 Å². The zero-order valence-corrected chi connectivity index (χ0v) is 13.7. The van der Waals surface area contributed by atoms with E-state index in [4.69, 9.17) is 0 Å². The lowest BCUT2D eigenvalue weighted by atomic mass is 10.0. The molecule has 2 heterocycles. The van der Waals surface area contributed by atoms with Gasteiger partial charge < -0.3 is 0 Å². The maximum atomic E-state index is 12.4. The van der Waals surface area contributed by atoms with Crippen LogP contribution < -0.4 is 0 Å². The van der Waals surface area contributed by atoms with Crippen LogP contribution in [0.3, 0.4) is 0 Å². The van der Waals surface area contributed by atoms with Gasteiger partial charge in [0.1, 0.15) is 10.7 Å². The minimum atomic E-state index is -3.08. The van der Waals surface area contributed by atoms with E-state index in [0.29, 0.717) is 5.69 Å². The van der Waals surface area contributed by atoms with Crippen LogP contribution in [0.25, 0.3) is 10.7 Å². The summed E-state index contributed by atoms with van der Waals surface area (Å²) in [6.45, 7) is 0. The number of aromatic nitrogens is 3. The molecule has 1 fully saturated rings. The predicted molar refractivity (Wildman–Crippen MR) is 83.8 cm³/mol. The van der Waals surface area contributed by atoms with Gasteiger partial charge in [-0.1, -0.05) is 19.3 Å². The van der Waals surface area contributed by atoms with Crippen molar-refractivity contribution in [2.75, 3.05) is 0 Å². The Balaban J connectivity index is 1.74. The Labute approximate surface area is 128 Å². The third-order valence-electron chi connectivity index (χ3n) is 3.89. The van der Waals surface area contributed by atoms with Crippen LogP contribution in [0, 0.1) is 0 Å². The second kappa shape index (κ2) is 5.88. The first-order valence-corrected chi connectivity index (χ1v) is 9.80. The standard InChI is InChI=1S/C14H19N3O2S2/c1-17-8-7-13(16-17)14-15-11(9-20-14)10-21(18,19)12-5-3-2-4-6-12/h7-9,12H,2-6,10H2,1H3. The number of aryl methyl sites for hydroxylation is 1. The first-order chi connectivity index (χ1) is 10.0. The highest BCUT2D eigenvalue weighted by molar-refractivity contribution is 7.91. The van der Waals surface area contributed by atoms with E-state index in [1.807, 2.05) is 24.7 Å². The fourth-order valence-corrected chi connectivity index (χ4v) is 5.50. The molecule has 7 heteroatoms. The molecule has 1 aliphatic carbocycles. The Hall–Kier alpha value is -1.21. The van der Waals surface area contributed by atoms with Crippen molar-refractivity contribution >= 4 is 21.2 Å². The van der Waals surface area contributed by atoms with Gasteiger partial charge in [0.15, 0.2) is 9.84 Å². The average Bonchev–Trinajstić information content (AvgIpc) is 3.08. The number of hydrogen-bond donors (Lipinski definition) is 0. The summed E-state index contributed by atoms with van der Waals surface area (Å²) in [5, 5.41) is 6.74. The molecule has 0 saturated heterocycles. The highest BCUT2D eigenvalue weighted by Crippen LogP contribution is 2.28. The van der Waals surface area contributed by atoms with E-state index < -0.39 is 9.84 Å². The van der Waals surface area contributed by atoms with Gasteiger partial charge in [0, 0.05) is 18.6 Å². The quantitative estimate of drug-likeness (QED) is 0.867. The largest absolute Gasteiger partial charge is 0.275 e. The van der Waals surface area contributed by atoms with Gasteiger partial charge in [-0.25, -0.2) is 13.4 Å². The van der Waals surface area contributed by atoms with Crippen LogP contribution in [0.4, 0.5) is 0 Å². The maximum Gasteiger partial charge on any atom is 0.158 e. The van der Waals surface area contributed by atoms with Crippen molar-refractivity contribution in [1.29, 1.82) is 0 Å². The predicted octanol–water partition coefficient (Wildman–Crippen LogP) is 2.79. The Morgan fingerprint density at radius 1 is 1.33 bits per heavy atom. The molecule has 0 radical (unpaired) electrons. The summed E-state index contributed by atoms with van der Waals surface area (Å²) in [5.74, 6) is 0.0565. The summed E-state index contributed by atoms with van der Waals surface area (Å²) in [6, 6.07) is 1.89. The Kier molecular flexibility index (Phi) is 4.12. The molecule has 5 nitrogen and oxygen atoms in total. The van der Waals surface area contributed by atoms with Crippen molar-refractivity contribution in [2.45, 2.75) is 43.1 Å². The molecule has 0 bridgehead atoms. The molecule has 0 amide bonds. The number of sulfone groups is 1. The molecule has 2 aromatic rings. The summed E-state index contributed by atoms with van der Waals surface area (Å²) >= 11 is 1.45. The van der Waals surface area contributed by atoms with Gasteiger partial charge in [-0.3, -0.25) is 4.68 Å². The van der Waals surface area contributed by atoms with Crippen LogP contribution in [0.15, 0.2) is 17.6 Å². The third-order valence-corrected chi connectivity index (χ3v) is 6.99. The van der Waals surface area contributed by atoms with Crippen molar-refractivity contribution in [3.63, 3.8) is 0 Å². The minimum absolute atomic E-state index is 0.0565. The lowest BCUT2D eigenvalue weighted by Crippen LogP contribution is -2.25. The normalized spacial score (nSPS) is 17.2. The zero-order chi connectivity index (χ0) is 14.9. The Morgan fingerprint density at radius 2 is 2.10 bits per heavy atom. The van der Waals surface area contributed by atoms with Crippen molar-refractivity contribution in [2.24, 2.45) is 7.05 Å². The molecule has 0 unspecified atom stereocenters. The SMILES string of the molecule is Cn1ccc(-c2nc(CS(=O)(=O)C3CCCCC3)cs2)n1. The van der Waals surface area contributed by atoms with Crippen LogP contribution in [0.1, 0.15) is 37.8 Å². The third kappa shape index (κ3) is 3.35. The number of rotatable bonds is 4. The minimum Gasteiger partial charge on any atom is -0.275 e. The van der Waals surface area contributed by atoms with Crippen LogP contribution in [0.2, 0.25) is 0 Å². The number of thiazole rings is 1. The summed E-state index contributed by atoms with van der Waals surface area (Å²) in [4.78, 5) is 4.44. The van der Waals surface area contributed by atoms with E-state index in [2.05, 4.69) is 10.1 Å². The first-order valence-electron chi connectivity index (χ1n) is 7.20. The molecular formula is C14H19N3O2S2. The Morgan fingerprint density at radius 3 is 2.76 bits per heavy atom. The van der Waals surface area contributed by atoms with Crippen molar-refractivity contribution < 1.29 is 8.42 Å². The highest BCUT2D eigenvalue weighted by atomic mass is 32.2. The molecule has 114 valence electrons. The lowest BCUT2D eigenvalue weighted by Gasteiger charge is -2.21. The van der Waals surface area contributed by atoms with E-state index in [1.165, 1.54) is 11.3 Å². The van der Waals surface area contributed by atoms with Crippen LogP contribution >= 0.6 is 11.3 Å². The summed E-state index contributed by atoms with van der Waals surface area (Å²) in [7, 11) is -1.23. The molecule has 3 rings (SSSR count). The van der Waals surface area contributed by atoms with Gasteiger partial charge in [0.2, 0.25) is 0 Å². The van der Waals surface area contributed by atoms with Gasteiger partial charge in [-0.15, -0.1) is 11.3 Å². The molecule has 0 aliphatic heterocycles.